The van der Waals surface area contributed by atoms with Gasteiger partial charge in [0.05, 0.1) is 0 Å². The second kappa shape index (κ2) is 5.76. The predicted molar refractivity (Wildman–Crippen MR) is 80.3 cm³/mol. The van der Waals surface area contributed by atoms with Gasteiger partial charge in [-0.1, -0.05) is 29.3 Å². The first-order chi connectivity index (χ1) is 9.02. The van der Waals surface area contributed by atoms with E-state index in [0.29, 0.717) is 22.3 Å². The molecule has 0 saturated heterocycles. The lowest BCUT2D eigenvalue weighted by atomic mass is 10.1. The van der Waals surface area contributed by atoms with Crippen molar-refractivity contribution in [3.63, 3.8) is 0 Å². The Kier molecular flexibility index (Phi) is 4.27. The summed E-state index contributed by atoms with van der Waals surface area (Å²) in [5, 5.41) is 4.35. The largest absolute Gasteiger partial charge is 0.373 e. The molecule has 0 unspecified atom stereocenters. The maximum Gasteiger partial charge on any atom is 0.135 e. The number of halogens is 2. The molecule has 1 heterocycles. The van der Waals surface area contributed by atoms with Crippen LogP contribution in [0.2, 0.25) is 10.0 Å². The SMILES string of the molecule is CNc1nc(Cc2c(Cl)cccc2Cl)nc(C)c1C. The lowest BCUT2D eigenvalue weighted by molar-refractivity contribution is 0.929. The molecule has 2 rings (SSSR count). The predicted octanol–water partition coefficient (Wildman–Crippen LogP) is 4.03. The van der Waals surface area contributed by atoms with Crippen molar-refractivity contribution in [3.8, 4) is 0 Å². The Balaban J connectivity index is 2.41. The van der Waals surface area contributed by atoms with Gasteiger partial charge in [0.15, 0.2) is 0 Å². The third-order valence-corrected chi connectivity index (χ3v) is 3.78. The van der Waals surface area contributed by atoms with E-state index in [2.05, 4.69) is 15.3 Å². The highest BCUT2D eigenvalue weighted by Gasteiger charge is 2.11. The minimum Gasteiger partial charge on any atom is -0.373 e. The van der Waals surface area contributed by atoms with Crippen LogP contribution in [0, 0.1) is 13.8 Å². The molecular formula is C14H15Cl2N3. The lowest BCUT2D eigenvalue weighted by Gasteiger charge is -2.11. The molecule has 0 spiro atoms. The van der Waals surface area contributed by atoms with Crippen molar-refractivity contribution in [1.82, 2.24) is 9.97 Å². The molecule has 0 bridgehead atoms. The Morgan fingerprint density at radius 3 is 2.32 bits per heavy atom. The number of nitrogens with zero attached hydrogens (tertiary/aromatic N) is 2. The molecule has 0 aliphatic heterocycles. The molecule has 1 N–H and O–H groups in total. The van der Waals surface area contributed by atoms with E-state index >= 15 is 0 Å². The lowest BCUT2D eigenvalue weighted by Crippen LogP contribution is -2.06. The van der Waals surface area contributed by atoms with Gasteiger partial charge in [-0.15, -0.1) is 0 Å². The van der Waals surface area contributed by atoms with E-state index in [4.69, 9.17) is 23.2 Å². The summed E-state index contributed by atoms with van der Waals surface area (Å²) in [5.74, 6) is 1.55. The van der Waals surface area contributed by atoms with Crippen LogP contribution in [-0.2, 0) is 6.42 Å². The molecule has 19 heavy (non-hydrogen) atoms. The average Bonchev–Trinajstić information content (AvgIpc) is 2.38. The summed E-state index contributed by atoms with van der Waals surface area (Å²) < 4.78 is 0. The van der Waals surface area contributed by atoms with Gasteiger partial charge < -0.3 is 5.32 Å². The van der Waals surface area contributed by atoms with Crippen LogP contribution in [-0.4, -0.2) is 17.0 Å². The second-order valence-corrected chi connectivity index (χ2v) is 5.14. The van der Waals surface area contributed by atoms with Crippen molar-refractivity contribution in [3.05, 3.63) is 50.9 Å². The van der Waals surface area contributed by atoms with E-state index in [1.54, 1.807) is 0 Å². The molecule has 0 amide bonds. The molecule has 2 aromatic rings. The standard InChI is InChI=1S/C14H15Cl2N3/c1-8-9(2)18-13(19-14(8)17-3)7-10-11(15)5-4-6-12(10)16/h4-6H,7H2,1-3H3,(H,17,18,19). The molecule has 0 atom stereocenters. The number of anilines is 1. The third-order valence-electron chi connectivity index (χ3n) is 3.07. The zero-order valence-corrected chi connectivity index (χ0v) is 12.6. The number of nitrogens with one attached hydrogen (secondary N) is 1. The zero-order chi connectivity index (χ0) is 14.0. The number of aryl methyl sites for hydroxylation is 1. The van der Waals surface area contributed by atoms with Gasteiger partial charge in [-0.3, -0.25) is 0 Å². The van der Waals surface area contributed by atoms with Gasteiger partial charge in [0.25, 0.3) is 0 Å². The van der Waals surface area contributed by atoms with E-state index in [0.717, 1.165) is 22.6 Å². The molecule has 0 saturated carbocycles. The van der Waals surface area contributed by atoms with E-state index < -0.39 is 0 Å². The Morgan fingerprint density at radius 2 is 1.74 bits per heavy atom. The van der Waals surface area contributed by atoms with E-state index in [1.807, 2.05) is 39.1 Å². The van der Waals surface area contributed by atoms with Crippen LogP contribution in [0.15, 0.2) is 18.2 Å². The van der Waals surface area contributed by atoms with Gasteiger partial charge in [-0.05, 0) is 31.5 Å². The molecule has 100 valence electrons. The first-order valence-corrected chi connectivity index (χ1v) is 6.73. The van der Waals surface area contributed by atoms with Gasteiger partial charge in [0.1, 0.15) is 11.6 Å². The minimum atomic E-state index is 0.522. The Labute approximate surface area is 123 Å². The first-order valence-electron chi connectivity index (χ1n) is 5.97. The van der Waals surface area contributed by atoms with Crippen LogP contribution < -0.4 is 5.32 Å². The topological polar surface area (TPSA) is 37.8 Å². The Morgan fingerprint density at radius 1 is 1.11 bits per heavy atom. The Hall–Kier alpha value is -1.32. The molecule has 1 aromatic carbocycles. The fourth-order valence-corrected chi connectivity index (χ4v) is 2.40. The zero-order valence-electron chi connectivity index (χ0n) is 11.1. The average molecular weight is 296 g/mol. The summed E-state index contributed by atoms with van der Waals surface area (Å²) in [5.41, 5.74) is 2.87. The van der Waals surface area contributed by atoms with Gasteiger partial charge in [0.2, 0.25) is 0 Å². The summed E-state index contributed by atoms with van der Waals surface area (Å²) in [7, 11) is 1.85. The molecule has 0 aliphatic carbocycles. The van der Waals surface area contributed by atoms with Crippen molar-refractivity contribution in [1.29, 1.82) is 0 Å². The second-order valence-electron chi connectivity index (χ2n) is 4.33. The molecule has 5 heteroatoms. The monoisotopic (exact) mass is 295 g/mol. The third kappa shape index (κ3) is 2.99. The van der Waals surface area contributed by atoms with Crippen LogP contribution in [0.25, 0.3) is 0 Å². The quantitative estimate of drug-likeness (QED) is 0.929. The van der Waals surface area contributed by atoms with Crippen molar-refractivity contribution in [2.75, 3.05) is 12.4 Å². The number of rotatable bonds is 3. The van der Waals surface area contributed by atoms with Crippen LogP contribution >= 0.6 is 23.2 Å². The van der Waals surface area contributed by atoms with E-state index in [1.165, 1.54) is 0 Å². The first kappa shape index (κ1) is 14.1. The van der Waals surface area contributed by atoms with Crippen LogP contribution in [0.5, 0.6) is 0 Å². The van der Waals surface area contributed by atoms with Gasteiger partial charge >= 0.3 is 0 Å². The molecule has 0 aliphatic rings. The Bertz CT molecular complexity index is 592. The molecular weight excluding hydrogens is 281 g/mol. The molecule has 1 aromatic heterocycles. The summed E-state index contributed by atoms with van der Waals surface area (Å²) in [4.78, 5) is 8.98. The highest BCUT2D eigenvalue weighted by atomic mass is 35.5. The number of hydrogen-bond donors (Lipinski definition) is 1. The highest BCUT2D eigenvalue weighted by molar-refractivity contribution is 6.36. The highest BCUT2D eigenvalue weighted by Crippen LogP contribution is 2.26. The number of benzene rings is 1. The normalized spacial score (nSPS) is 10.6. The summed E-state index contributed by atoms with van der Waals surface area (Å²) >= 11 is 12.3. The van der Waals surface area contributed by atoms with Crippen LogP contribution in [0.3, 0.4) is 0 Å². The molecule has 0 radical (unpaired) electrons. The maximum absolute atomic E-state index is 6.17. The molecule has 0 fully saturated rings. The van der Waals surface area contributed by atoms with E-state index in [9.17, 15) is 0 Å². The fraction of sp³-hybridized carbons (Fsp3) is 0.286. The molecule has 3 nitrogen and oxygen atoms in total. The van der Waals surface area contributed by atoms with Crippen LogP contribution in [0.4, 0.5) is 5.82 Å². The summed E-state index contributed by atoms with van der Waals surface area (Å²) in [6, 6.07) is 5.47. The number of aromatic nitrogens is 2. The maximum atomic E-state index is 6.17. The van der Waals surface area contributed by atoms with Crippen molar-refractivity contribution < 1.29 is 0 Å². The van der Waals surface area contributed by atoms with Gasteiger partial charge in [-0.25, -0.2) is 9.97 Å². The summed E-state index contributed by atoms with van der Waals surface area (Å²) in [6.45, 7) is 3.96. The fourth-order valence-electron chi connectivity index (χ4n) is 1.87. The van der Waals surface area contributed by atoms with E-state index in [-0.39, 0.29) is 0 Å². The van der Waals surface area contributed by atoms with Crippen molar-refractivity contribution in [2.45, 2.75) is 20.3 Å². The summed E-state index contributed by atoms with van der Waals surface area (Å²) in [6.07, 6.45) is 0.522. The minimum absolute atomic E-state index is 0.522. The van der Waals surface area contributed by atoms with Gasteiger partial charge in [0, 0.05) is 34.8 Å². The smallest absolute Gasteiger partial charge is 0.135 e. The number of hydrogen-bond acceptors (Lipinski definition) is 3. The van der Waals surface area contributed by atoms with Crippen LogP contribution in [0.1, 0.15) is 22.6 Å². The van der Waals surface area contributed by atoms with Crippen molar-refractivity contribution in [2.24, 2.45) is 0 Å². The van der Waals surface area contributed by atoms with Crippen molar-refractivity contribution >= 4 is 29.0 Å². The van der Waals surface area contributed by atoms with Gasteiger partial charge in [-0.2, -0.15) is 0 Å².